The highest BCUT2D eigenvalue weighted by Crippen LogP contribution is 2.17. The lowest BCUT2D eigenvalue weighted by molar-refractivity contribution is -0.116. The summed E-state index contributed by atoms with van der Waals surface area (Å²) in [6.07, 6.45) is 1.41. The number of aromatic carboxylic acids is 1. The second-order valence-corrected chi connectivity index (χ2v) is 5.77. The molecule has 1 amide bonds. The van der Waals surface area contributed by atoms with Gasteiger partial charge in [-0.1, -0.05) is 15.9 Å². The number of rotatable bonds is 4. The molecule has 0 aliphatic carbocycles. The van der Waals surface area contributed by atoms with Crippen molar-refractivity contribution in [3.63, 3.8) is 0 Å². The Labute approximate surface area is 131 Å². The first-order valence-corrected chi connectivity index (χ1v) is 7.18. The molecule has 0 atom stereocenters. The summed E-state index contributed by atoms with van der Waals surface area (Å²) in [5.74, 6) is -1.27. The van der Waals surface area contributed by atoms with Crippen LogP contribution < -0.4 is 5.32 Å². The minimum atomic E-state index is -1.03. The van der Waals surface area contributed by atoms with Crippen LogP contribution in [0.3, 0.4) is 0 Å². The molecule has 2 aromatic rings. The van der Waals surface area contributed by atoms with E-state index in [9.17, 15) is 9.59 Å². The van der Waals surface area contributed by atoms with Gasteiger partial charge in [-0.2, -0.15) is 0 Å². The topological polar surface area (TPSA) is 71.3 Å². The largest absolute Gasteiger partial charge is 0.478 e. The molecule has 0 saturated heterocycles. The van der Waals surface area contributed by atoms with Crippen LogP contribution in [0.2, 0.25) is 0 Å². The van der Waals surface area contributed by atoms with Gasteiger partial charge in [-0.25, -0.2) is 4.79 Å². The number of amides is 1. The van der Waals surface area contributed by atoms with Crippen LogP contribution in [-0.2, 0) is 11.3 Å². The molecule has 0 radical (unpaired) electrons. The molecule has 1 aromatic carbocycles. The Kier molecular flexibility index (Phi) is 4.61. The second-order valence-electron chi connectivity index (χ2n) is 4.04. The molecule has 1 aromatic heterocycles. The van der Waals surface area contributed by atoms with E-state index in [-0.39, 0.29) is 18.0 Å². The Hall–Kier alpha value is -1.60. The number of carbonyl (C=O) groups excluding carboxylic acids is 1. The highest BCUT2D eigenvalue weighted by molar-refractivity contribution is 9.10. The standard InChI is InChI=1S/C13H10Br2N2O3/c14-9-1-3-10(4-2-9)16-12(18)7-17-6-8(13(19)20)5-11(17)15/h1-6H,7H2,(H,16,18)(H,19,20). The number of anilines is 1. The number of nitrogens with zero attached hydrogens (tertiary/aromatic N) is 1. The number of halogens is 2. The molecule has 0 saturated carbocycles. The van der Waals surface area contributed by atoms with Crippen molar-refractivity contribution in [1.82, 2.24) is 4.57 Å². The van der Waals surface area contributed by atoms with Crippen molar-refractivity contribution >= 4 is 49.4 Å². The Morgan fingerprint density at radius 3 is 2.40 bits per heavy atom. The van der Waals surface area contributed by atoms with Gasteiger partial charge in [-0.05, 0) is 46.3 Å². The van der Waals surface area contributed by atoms with Crippen LogP contribution in [0.25, 0.3) is 0 Å². The smallest absolute Gasteiger partial charge is 0.337 e. The molecule has 0 aliphatic rings. The molecule has 104 valence electrons. The highest BCUT2D eigenvalue weighted by Gasteiger charge is 2.12. The number of hydrogen-bond acceptors (Lipinski definition) is 2. The first-order chi connectivity index (χ1) is 9.45. The molecule has 2 N–H and O–H groups in total. The lowest BCUT2D eigenvalue weighted by Gasteiger charge is -2.07. The number of benzene rings is 1. The molecule has 0 fully saturated rings. The molecular formula is C13H10Br2N2O3. The van der Waals surface area contributed by atoms with Crippen LogP contribution in [0, 0.1) is 0 Å². The third kappa shape index (κ3) is 3.71. The third-order valence-electron chi connectivity index (χ3n) is 2.53. The fourth-order valence-corrected chi connectivity index (χ4v) is 2.34. The molecule has 1 heterocycles. The maximum Gasteiger partial charge on any atom is 0.337 e. The summed E-state index contributed by atoms with van der Waals surface area (Å²) in [6, 6.07) is 8.65. The Balaban J connectivity index is 2.04. The van der Waals surface area contributed by atoms with E-state index in [2.05, 4.69) is 37.2 Å². The summed E-state index contributed by atoms with van der Waals surface area (Å²) in [6.45, 7) is 0.0317. The fourth-order valence-electron chi connectivity index (χ4n) is 1.60. The lowest BCUT2D eigenvalue weighted by Crippen LogP contribution is -2.18. The van der Waals surface area contributed by atoms with Crippen molar-refractivity contribution in [2.24, 2.45) is 0 Å². The average molecular weight is 402 g/mol. The normalized spacial score (nSPS) is 10.3. The van der Waals surface area contributed by atoms with Gasteiger partial charge in [-0.15, -0.1) is 0 Å². The Bertz CT molecular complexity index is 650. The summed E-state index contributed by atoms with van der Waals surface area (Å²) in [4.78, 5) is 22.7. The number of aromatic nitrogens is 1. The van der Waals surface area contributed by atoms with Crippen LogP contribution in [-0.4, -0.2) is 21.6 Å². The molecule has 0 bridgehead atoms. The number of carboxylic acid groups (broad SMARTS) is 1. The van der Waals surface area contributed by atoms with Crippen LogP contribution in [0.5, 0.6) is 0 Å². The van der Waals surface area contributed by atoms with Crippen molar-refractivity contribution in [1.29, 1.82) is 0 Å². The van der Waals surface area contributed by atoms with Crippen molar-refractivity contribution < 1.29 is 14.7 Å². The van der Waals surface area contributed by atoms with Crippen LogP contribution >= 0.6 is 31.9 Å². The molecule has 5 nitrogen and oxygen atoms in total. The van der Waals surface area contributed by atoms with Gasteiger partial charge < -0.3 is 15.0 Å². The minimum Gasteiger partial charge on any atom is -0.478 e. The van der Waals surface area contributed by atoms with E-state index < -0.39 is 5.97 Å². The number of hydrogen-bond donors (Lipinski definition) is 2. The van der Waals surface area contributed by atoms with Gasteiger partial charge in [0.05, 0.1) is 10.2 Å². The second kappa shape index (κ2) is 6.23. The lowest BCUT2D eigenvalue weighted by atomic mass is 10.3. The molecular weight excluding hydrogens is 392 g/mol. The average Bonchev–Trinajstić information content (AvgIpc) is 2.74. The van der Waals surface area contributed by atoms with Crippen LogP contribution in [0.4, 0.5) is 5.69 Å². The van der Waals surface area contributed by atoms with Crippen molar-refractivity contribution in [3.8, 4) is 0 Å². The fraction of sp³-hybridized carbons (Fsp3) is 0.0769. The summed E-state index contributed by atoms with van der Waals surface area (Å²) < 4.78 is 2.99. The minimum absolute atomic E-state index is 0.0317. The van der Waals surface area contributed by atoms with Gasteiger partial charge in [-0.3, -0.25) is 4.79 Å². The first kappa shape index (κ1) is 14.8. The van der Waals surface area contributed by atoms with Crippen LogP contribution in [0.15, 0.2) is 45.6 Å². The van der Waals surface area contributed by atoms with E-state index in [0.29, 0.717) is 10.3 Å². The van der Waals surface area contributed by atoms with E-state index in [0.717, 1.165) is 4.47 Å². The SMILES string of the molecule is O=C(Cn1cc(C(=O)O)cc1Br)Nc1ccc(Br)cc1. The van der Waals surface area contributed by atoms with Crippen molar-refractivity contribution in [2.45, 2.75) is 6.54 Å². The predicted molar refractivity (Wildman–Crippen MR) is 81.9 cm³/mol. The Morgan fingerprint density at radius 2 is 1.85 bits per heavy atom. The molecule has 0 unspecified atom stereocenters. The van der Waals surface area contributed by atoms with Crippen molar-refractivity contribution in [2.75, 3.05) is 5.32 Å². The van der Waals surface area contributed by atoms with E-state index in [4.69, 9.17) is 5.11 Å². The van der Waals surface area contributed by atoms with Crippen molar-refractivity contribution in [3.05, 3.63) is 51.2 Å². The van der Waals surface area contributed by atoms with Gasteiger partial charge in [0.25, 0.3) is 0 Å². The quantitative estimate of drug-likeness (QED) is 0.825. The summed E-state index contributed by atoms with van der Waals surface area (Å²) in [7, 11) is 0. The van der Waals surface area contributed by atoms with Gasteiger partial charge in [0.2, 0.25) is 5.91 Å². The summed E-state index contributed by atoms with van der Waals surface area (Å²) in [5, 5.41) is 11.6. The number of carbonyl (C=O) groups is 2. The van der Waals surface area contributed by atoms with Crippen LogP contribution in [0.1, 0.15) is 10.4 Å². The monoisotopic (exact) mass is 400 g/mol. The number of carboxylic acids is 1. The van der Waals surface area contributed by atoms with Gasteiger partial charge in [0, 0.05) is 16.4 Å². The predicted octanol–water partition coefficient (Wildman–Crippen LogP) is 3.35. The zero-order valence-electron chi connectivity index (χ0n) is 10.1. The first-order valence-electron chi connectivity index (χ1n) is 5.60. The van der Waals surface area contributed by atoms with E-state index in [1.165, 1.54) is 16.8 Å². The van der Waals surface area contributed by atoms with Gasteiger partial charge >= 0.3 is 5.97 Å². The molecule has 0 aliphatic heterocycles. The zero-order chi connectivity index (χ0) is 14.7. The molecule has 0 spiro atoms. The Morgan fingerprint density at radius 1 is 1.20 bits per heavy atom. The van der Waals surface area contributed by atoms with Gasteiger partial charge in [0.1, 0.15) is 6.54 Å². The third-order valence-corrected chi connectivity index (χ3v) is 3.75. The maximum absolute atomic E-state index is 11.9. The maximum atomic E-state index is 11.9. The molecule has 20 heavy (non-hydrogen) atoms. The molecule has 7 heteroatoms. The van der Waals surface area contributed by atoms with Gasteiger partial charge in [0.15, 0.2) is 0 Å². The summed E-state index contributed by atoms with van der Waals surface area (Å²) in [5.41, 5.74) is 0.813. The van der Waals surface area contributed by atoms with E-state index >= 15 is 0 Å². The molecule has 2 rings (SSSR count). The number of nitrogens with one attached hydrogen (secondary N) is 1. The highest BCUT2D eigenvalue weighted by atomic mass is 79.9. The van der Waals surface area contributed by atoms with E-state index in [1.807, 2.05) is 12.1 Å². The zero-order valence-corrected chi connectivity index (χ0v) is 13.3. The van der Waals surface area contributed by atoms with E-state index in [1.54, 1.807) is 12.1 Å². The summed E-state index contributed by atoms with van der Waals surface area (Å²) >= 11 is 6.53.